The number of aryl methyl sites for hydroxylation is 2. The van der Waals surface area contributed by atoms with Crippen LogP contribution in [-0.4, -0.2) is 10.6 Å². The van der Waals surface area contributed by atoms with Gasteiger partial charge in [0.2, 0.25) is 6.33 Å². The number of nitrogens with zero attached hydrogens (tertiary/aromatic N) is 5. The zero-order chi connectivity index (χ0) is 25.0. The first-order valence-corrected chi connectivity index (χ1v) is 14.3. The van der Waals surface area contributed by atoms with Gasteiger partial charge in [0, 0.05) is 0 Å². The lowest BCUT2D eigenvalue weighted by Crippen LogP contribution is -2.30. The van der Waals surface area contributed by atoms with Gasteiger partial charge in [0.25, 0.3) is 0 Å². The summed E-state index contributed by atoms with van der Waals surface area (Å²) in [5, 5.41) is 14.9. The van der Waals surface area contributed by atoms with Gasteiger partial charge in [0.15, 0.2) is 0 Å². The molecule has 1 aromatic rings. The van der Waals surface area contributed by atoms with Crippen molar-refractivity contribution in [1.29, 1.82) is 5.26 Å². The van der Waals surface area contributed by atoms with Gasteiger partial charge >= 0.3 is 0 Å². The molecule has 194 valence electrons. The van der Waals surface area contributed by atoms with Crippen LogP contribution in [0.25, 0.3) is 5.41 Å². The summed E-state index contributed by atoms with van der Waals surface area (Å²) in [7, 11) is 0. The van der Waals surface area contributed by atoms with Crippen LogP contribution in [0.5, 0.6) is 0 Å². The number of hydrogen-bond acceptors (Lipinski definition) is 2. The Kier molecular flexibility index (Phi) is 25.8. The van der Waals surface area contributed by atoms with Gasteiger partial charge in [-0.2, -0.15) is 5.26 Å². The Morgan fingerprint density at radius 1 is 0.706 bits per heavy atom. The molecular formula is C29H53N5. The fourth-order valence-corrected chi connectivity index (χ4v) is 4.29. The number of rotatable bonds is 22. The van der Waals surface area contributed by atoms with Crippen LogP contribution in [0, 0.1) is 11.5 Å². The fourth-order valence-electron chi connectivity index (χ4n) is 4.29. The summed E-state index contributed by atoms with van der Waals surface area (Å²) in [6.45, 7) is 6.98. The first kappa shape index (κ1) is 32.1. The molecule has 0 amide bonds. The molecule has 0 atom stereocenters. The van der Waals surface area contributed by atoms with Crippen molar-refractivity contribution in [2.45, 2.75) is 155 Å². The van der Waals surface area contributed by atoms with Gasteiger partial charge in [-0.25, -0.2) is 9.13 Å². The highest BCUT2D eigenvalue weighted by molar-refractivity contribution is 5.46. The lowest BCUT2D eigenvalue weighted by atomic mass is 10.1. The predicted molar refractivity (Wildman–Crippen MR) is 145 cm³/mol. The standard InChI is InChI=1S/C27H53N2.C2N3/c1-3-5-7-9-11-13-15-17-19-21-23-28-25-26-29(27-28)24-22-20-18-16-14-12-10-8-6-4-2;3-1-5-2-4/h25-27H,3-24H2,1-2H3;/q+1;-1. The maximum Gasteiger partial charge on any atom is 0.243 e. The van der Waals surface area contributed by atoms with E-state index in [1.54, 1.807) is 0 Å². The maximum atomic E-state index is 7.43. The Balaban J connectivity index is 0.00000196. The number of nitriles is 1. The fraction of sp³-hybridized carbons (Fsp3) is 0.828. The van der Waals surface area contributed by atoms with E-state index in [0.29, 0.717) is 0 Å². The Labute approximate surface area is 211 Å². The molecule has 1 heterocycles. The molecule has 0 N–H and O–H groups in total. The molecule has 0 radical (unpaired) electrons. The van der Waals surface area contributed by atoms with Gasteiger partial charge in [0.1, 0.15) is 12.4 Å². The minimum absolute atomic E-state index is 1.20. The highest BCUT2D eigenvalue weighted by Gasteiger charge is 2.03. The molecule has 5 nitrogen and oxygen atoms in total. The first-order valence-electron chi connectivity index (χ1n) is 14.3. The van der Waals surface area contributed by atoms with E-state index in [-0.39, 0.29) is 0 Å². The molecule has 0 aliphatic rings. The lowest BCUT2D eigenvalue weighted by molar-refractivity contribution is -0.696. The van der Waals surface area contributed by atoms with Crippen LogP contribution in [0.15, 0.2) is 23.7 Å². The number of aromatic nitrogens is 2. The summed E-state index contributed by atoms with van der Waals surface area (Å²) >= 11 is 0. The Morgan fingerprint density at radius 3 is 1.56 bits per heavy atom. The van der Waals surface area contributed by atoms with Crippen LogP contribution in [-0.2, 0) is 13.1 Å². The highest BCUT2D eigenvalue weighted by atomic mass is 15.1. The number of aliphatic imine (C=N–C) groups is 1. The predicted octanol–water partition coefficient (Wildman–Crippen LogP) is 8.83. The Hall–Kier alpha value is -1.92. The maximum absolute atomic E-state index is 7.43. The third kappa shape index (κ3) is 23.2. The molecule has 0 unspecified atom stereocenters. The molecule has 1 aromatic heterocycles. The van der Waals surface area contributed by atoms with Crippen LogP contribution in [0.3, 0.4) is 0 Å². The molecule has 0 saturated heterocycles. The molecule has 0 aromatic carbocycles. The topological polar surface area (TPSA) is 67.3 Å². The zero-order valence-corrected chi connectivity index (χ0v) is 22.5. The van der Waals surface area contributed by atoms with Crippen molar-refractivity contribution >= 4 is 6.01 Å². The van der Waals surface area contributed by atoms with Crippen LogP contribution in [0.2, 0.25) is 0 Å². The molecule has 0 aliphatic heterocycles. The minimum Gasteiger partial charge on any atom is -0.422 e. The second-order valence-corrected chi connectivity index (χ2v) is 9.57. The van der Waals surface area contributed by atoms with E-state index in [2.05, 4.69) is 46.7 Å². The number of unbranched alkanes of at least 4 members (excludes halogenated alkanes) is 18. The van der Waals surface area contributed by atoms with E-state index in [0.717, 1.165) is 0 Å². The van der Waals surface area contributed by atoms with E-state index < -0.39 is 0 Å². The molecule has 5 heteroatoms. The van der Waals surface area contributed by atoms with Crippen molar-refractivity contribution in [3.8, 4) is 6.19 Å². The van der Waals surface area contributed by atoms with E-state index in [9.17, 15) is 0 Å². The summed E-state index contributed by atoms with van der Waals surface area (Å²) in [6.07, 6.45) is 36.5. The lowest BCUT2D eigenvalue weighted by Gasteiger charge is -2.02. The van der Waals surface area contributed by atoms with Crippen LogP contribution in [0.4, 0.5) is 0 Å². The summed E-state index contributed by atoms with van der Waals surface area (Å²) in [6, 6.07) is 1.28. The molecule has 1 rings (SSSR count). The molecule has 0 spiro atoms. The van der Waals surface area contributed by atoms with Crippen LogP contribution >= 0.6 is 0 Å². The van der Waals surface area contributed by atoms with E-state index in [1.165, 1.54) is 154 Å². The average molecular weight is 472 g/mol. The highest BCUT2D eigenvalue weighted by Crippen LogP contribution is 2.12. The molecule has 0 aliphatic carbocycles. The van der Waals surface area contributed by atoms with E-state index in [4.69, 9.17) is 10.7 Å². The second kappa shape index (κ2) is 27.3. The molecular weight excluding hydrogens is 418 g/mol. The molecule has 0 bridgehead atoms. The van der Waals surface area contributed by atoms with Crippen molar-refractivity contribution in [3.05, 3.63) is 24.1 Å². The van der Waals surface area contributed by atoms with Crippen LogP contribution in [0.1, 0.15) is 142 Å². The van der Waals surface area contributed by atoms with Crippen molar-refractivity contribution < 1.29 is 4.57 Å². The van der Waals surface area contributed by atoms with E-state index in [1.807, 2.05) is 0 Å². The minimum atomic E-state index is 1.20. The van der Waals surface area contributed by atoms with Gasteiger partial charge in [-0.05, 0) is 25.7 Å². The summed E-state index contributed by atoms with van der Waals surface area (Å²) < 4.78 is 4.78. The van der Waals surface area contributed by atoms with Crippen molar-refractivity contribution in [1.82, 2.24) is 4.57 Å². The van der Waals surface area contributed by atoms with Crippen molar-refractivity contribution in [3.63, 3.8) is 0 Å². The number of hydrogen-bond donors (Lipinski definition) is 0. The van der Waals surface area contributed by atoms with Gasteiger partial charge in [-0.1, -0.05) is 117 Å². The van der Waals surface area contributed by atoms with Gasteiger partial charge in [0.05, 0.1) is 19.3 Å². The van der Waals surface area contributed by atoms with Gasteiger partial charge in [-0.3, -0.25) is 0 Å². The third-order valence-electron chi connectivity index (χ3n) is 6.39. The van der Waals surface area contributed by atoms with Crippen molar-refractivity contribution in [2.24, 2.45) is 4.99 Å². The van der Waals surface area contributed by atoms with Gasteiger partial charge in [-0.15, -0.1) is 6.01 Å². The smallest absolute Gasteiger partial charge is 0.243 e. The molecule has 34 heavy (non-hydrogen) atoms. The van der Waals surface area contributed by atoms with E-state index >= 15 is 0 Å². The zero-order valence-electron chi connectivity index (χ0n) is 22.5. The molecule has 0 saturated carbocycles. The largest absolute Gasteiger partial charge is 0.422 e. The molecule has 0 fully saturated rings. The Morgan fingerprint density at radius 2 is 1.15 bits per heavy atom. The number of imidazole rings is 1. The average Bonchev–Trinajstić information content (AvgIpc) is 3.30. The monoisotopic (exact) mass is 471 g/mol. The SMILES string of the molecule is CCCCCCCCCCCCn1cc[n+](CCCCCCCCCCCC)c1.N#CN=C=[N-]. The van der Waals surface area contributed by atoms with Gasteiger partial charge < -0.3 is 10.4 Å². The van der Waals surface area contributed by atoms with Crippen LogP contribution < -0.4 is 4.57 Å². The Bertz CT molecular complexity index is 586. The van der Waals surface area contributed by atoms with Crippen molar-refractivity contribution in [2.75, 3.05) is 0 Å². The first-order chi connectivity index (χ1) is 16.8. The quantitative estimate of drug-likeness (QED) is 0.0720. The second-order valence-electron chi connectivity index (χ2n) is 9.57. The normalized spacial score (nSPS) is 10.3. The summed E-state index contributed by atoms with van der Waals surface area (Å²) in [5.74, 6) is 0. The third-order valence-corrected chi connectivity index (χ3v) is 6.39. The summed E-state index contributed by atoms with van der Waals surface area (Å²) in [4.78, 5) is 2.58. The summed E-state index contributed by atoms with van der Waals surface area (Å²) in [5.41, 5.74) is 0.